The van der Waals surface area contributed by atoms with Crippen molar-refractivity contribution in [2.24, 2.45) is 0 Å². The summed E-state index contributed by atoms with van der Waals surface area (Å²) in [5.74, 6) is 2.67. The summed E-state index contributed by atoms with van der Waals surface area (Å²) in [7, 11) is 1.62. The van der Waals surface area contributed by atoms with Crippen molar-refractivity contribution in [1.29, 1.82) is 0 Å². The van der Waals surface area contributed by atoms with Crippen LogP contribution >= 0.6 is 0 Å². The van der Waals surface area contributed by atoms with Crippen LogP contribution < -0.4 is 14.5 Å². The predicted molar refractivity (Wildman–Crippen MR) is 105 cm³/mol. The van der Waals surface area contributed by atoms with Crippen molar-refractivity contribution in [2.75, 3.05) is 56.2 Å². The van der Waals surface area contributed by atoms with E-state index in [0.717, 1.165) is 43.6 Å². The van der Waals surface area contributed by atoms with Crippen molar-refractivity contribution in [3.05, 3.63) is 42.0 Å². The van der Waals surface area contributed by atoms with Crippen LogP contribution in [0.4, 0.5) is 11.6 Å². The zero-order valence-corrected chi connectivity index (χ0v) is 15.7. The second-order valence-corrected chi connectivity index (χ2v) is 6.95. The SMILES string of the molecule is COc1ccc(C(=O)N2CCN(c3ccc(N4CCCC4)nn3)CC2)cc1. The molecular formula is C20H25N5O2. The number of hydrogen-bond acceptors (Lipinski definition) is 6. The zero-order chi connectivity index (χ0) is 18.6. The monoisotopic (exact) mass is 367 g/mol. The fourth-order valence-corrected chi connectivity index (χ4v) is 3.66. The minimum absolute atomic E-state index is 0.0627. The topological polar surface area (TPSA) is 61.8 Å². The Morgan fingerprint density at radius 2 is 1.37 bits per heavy atom. The summed E-state index contributed by atoms with van der Waals surface area (Å²) in [5.41, 5.74) is 0.694. The van der Waals surface area contributed by atoms with Crippen LogP contribution in [0.3, 0.4) is 0 Å². The molecule has 2 aliphatic rings. The number of rotatable bonds is 4. The van der Waals surface area contributed by atoms with E-state index in [1.165, 1.54) is 12.8 Å². The van der Waals surface area contributed by atoms with Gasteiger partial charge in [-0.05, 0) is 49.2 Å². The lowest BCUT2D eigenvalue weighted by atomic mass is 10.1. The molecule has 7 heteroatoms. The maximum absolute atomic E-state index is 12.7. The maximum Gasteiger partial charge on any atom is 0.253 e. The second kappa shape index (κ2) is 7.82. The molecule has 0 bridgehead atoms. The Morgan fingerprint density at radius 1 is 0.815 bits per heavy atom. The summed E-state index contributed by atoms with van der Waals surface area (Å²) in [6.45, 7) is 5.03. The number of nitrogens with zero attached hydrogens (tertiary/aromatic N) is 5. The molecule has 27 heavy (non-hydrogen) atoms. The van der Waals surface area contributed by atoms with Crippen molar-refractivity contribution in [2.45, 2.75) is 12.8 Å². The minimum atomic E-state index is 0.0627. The Labute approximate surface area is 159 Å². The number of piperazine rings is 1. The van der Waals surface area contributed by atoms with E-state index in [9.17, 15) is 4.79 Å². The molecule has 4 rings (SSSR count). The van der Waals surface area contributed by atoms with Crippen LogP contribution in [0.25, 0.3) is 0 Å². The van der Waals surface area contributed by atoms with Gasteiger partial charge in [-0.15, -0.1) is 10.2 Å². The Hall–Kier alpha value is -2.83. The summed E-state index contributed by atoms with van der Waals surface area (Å²) in [5, 5.41) is 8.81. The molecule has 2 fully saturated rings. The van der Waals surface area contributed by atoms with E-state index in [2.05, 4.69) is 26.1 Å². The largest absolute Gasteiger partial charge is 0.497 e. The summed E-state index contributed by atoms with van der Waals surface area (Å²) < 4.78 is 5.15. The van der Waals surface area contributed by atoms with Crippen LogP contribution in [0.5, 0.6) is 5.75 Å². The van der Waals surface area contributed by atoms with Crippen molar-refractivity contribution in [3.63, 3.8) is 0 Å². The molecule has 142 valence electrons. The van der Waals surface area contributed by atoms with Gasteiger partial charge in [-0.2, -0.15) is 0 Å². The molecule has 2 aliphatic heterocycles. The van der Waals surface area contributed by atoms with Gasteiger partial charge in [-0.25, -0.2) is 0 Å². The zero-order valence-electron chi connectivity index (χ0n) is 15.7. The number of anilines is 2. The van der Waals surface area contributed by atoms with E-state index < -0.39 is 0 Å². The van der Waals surface area contributed by atoms with Crippen molar-refractivity contribution in [1.82, 2.24) is 15.1 Å². The van der Waals surface area contributed by atoms with Crippen LogP contribution in [0.2, 0.25) is 0 Å². The van der Waals surface area contributed by atoms with Crippen molar-refractivity contribution in [3.8, 4) is 5.75 Å². The first-order valence-electron chi connectivity index (χ1n) is 9.51. The number of hydrogen-bond donors (Lipinski definition) is 0. The van der Waals surface area contributed by atoms with Gasteiger partial charge in [0, 0.05) is 44.8 Å². The molecule has 0 N–H and O–H groups in total. The first-order chi connectivity index (χ1) is 13.2. The highest BCUT2D eigenvalue weighted by molar-refractivity contribution is 5.94. The van der Waals surface area contributed by atoms with Gasteiger partial charge in [-0.3, -0.25) is 4.79 Å². The highest BCUT2D eigenvalue weighted by Crippen LogP contribution is 2.20. The highest BCUT2D eigenvalue weighted by Gasteiger charge is 2.23. The van der Waals surface area contributed by atoms with Crippen molar-refractivity contribution < 1.29 is 9.53 Å². The lowest BCUT2D eigenvalue weighted by Gasteiger charge is -2.35. The third-order valence-electron chi connectivity index (χ3n) is 5.29. The number of carbonyl (C=O) groups is 1. The van der Waals surface area contributed by atoms with Crippen LogP contribution in [0.1, 0.15) is 23.2 Å². The Balaban J connectivity index is 1.34. The van der Waals surface area contributed by atoms with Gasteiger partial charge in [0.25, 0.3) is 5.91 Å². The molecule has 3 heterocycles. The maximum atomic E-state index is 12.7. The van der Waals surface area contributed by atoms with Crippen molar-refractivity contribution >= 4 is 17.5 Å². The normalized spacial score (nSPS) is 17.3. The van der Waals surface area contributed by atoms with Gasteiger partial charge in [0.1, 0.15) is 5.75 Å². The third-order valence-corrected chi connectivity index (χ3v) is 5.29. The molecule has 0 spiro atoms. The Kier molecular flexibility index (Phi) is 5.09. The van der Waals surface area contributed by atoms with Gasteiger partial charge in [-0.1, -0.05) is 0 Å². The minimum Gasteiger partial charge on any atom is -0.497 e. The van der Waals surface area contributed by atoms with E-state index in [4.69, 9.17) is 4.74 Å². The van der Waals surface area contributed by atoms with E-state index in [1.807, 2.05) is 35.2 Å². The summed E-state index contributed by atoms with van der Waals surface area (Å²) in [6, 6.07) is 11.4. The lowest BCUT2D eigenvalue weighted by molar-refractivity contribution is 0.0746. The van der Waals surface area contributed by atoms with E-state index >= 15 is 0 Å². The van der Waals surface area contributed by atoms with E-state index in [-0.39, 0.29) is 5.91 Å². The first kappa shape index (κ1) is 17.6. The number of benzene rings is 1. The molecule has 2 saturated heterocycles. The number of amides is 1. The number of ether oxygens (including phenoxy) is 1. The van der Waals surface area contributed by atoms with Gasteiger partial charge in [0.2, 0.25) is 0 Å². The fourth-order valence-electron chi connectivity index (χ4n) is 3.66. The molecule has 1 aromatic carbocycles. The molecule has 1 amide bonds. The quantitative estimate of drug-likeness (QED) is 0.824. The smallest absolute Gasteiger partial charge is 0.253 e. The molecule has 2 aromatic rings. The molecule has 1 aromatic heterocycles. The number of methoxy groups -OCH3 is 1. The molecule has 7 nitrogen and oxygen atoms in total. The average Bonchev–Trinajstić information content (AvgIpc) is 3.28. The van der Waals surface area contributed by atoms with Crippen LogP contribution in [-0.2, 0) is 0 Å². The number of carbonyl (C=O) groups excluding carboxylic acids is 1. The standard InChI is InChI=1S/C20H25N5O2/c1-27-17-6-4-16(5-7-17)20(26)25-14-12-24(13-15-25)19-9-8-18(21-22-19)23-10-2-3-11-23/h4-9H,2-3,10-15H2,1H3. The molecule has 0 atom stereocenters. The molecule has 0 unspecified atom stereocenters. The first-order valence-corrected chi connectivity index (χ1v) is 9.51. The van der Waals surface area contributed by atoms with Gasteiger partial charge >= 0.3 is 0 Å². The molecule has 0 radical (unpaired) electrons. The van der Waals surface area contributed by atoms with Crippen LogP contribution in [0.15, 0.2) is 36.4 Å². The summed E-state index contributed by atoms with van der Waals surface area (Å²) >= 11 is 0. The summed E-state index contributed by atoms with van der Waals surface area (Å²) in [4.78, 5) is 19.0. The van der Waals surface area contributed by atoms with Gasteiger partial charge in [0.05, 0.1) is 7.11 Å². The van der Waals surface area contributed by atoms with Gasteiger partial charge < -0.3 is 19.4 Å². The fraction of sp³-hybridized carbons (Fsp3) is 0.450. The van der Waals surface area contributed by atoms with E-state index in [0.29, 0.717) is 18.7 Å². The predicted octanol–water partition coefficient (Wildman–Crippen LogP) is 2.05. The highest BCUT2D eigenvalue weighted by atomic mass is 16.5. The third kappa shape index (κ3) is 3.82. The Morgan fingerprint density at radius 3 is 1.89 bits per heavy atom. The lowest BCUT2D eigenvalue weighted by Crippen LogP contribution is -2.49. The molecule has 0 saturated carbocycles. The Bertz CT molecular complexity index is 764. The summed E-state index contributed by atoms with van der Waals surface area (Å²) in [6.07, 6.45) is 2.46. The average molecular weight is 367 g/mol. The van der Waals surface area contributed by atoms with Crippen LogP contribution in [0, 0.1) is 0 Å². The molecule has 0 aliphatic carbocycles. The van der Waals surface area contributed by atoms with Gasteiger partial charge in [0.15, 0.2) is 11.6 Å². The molecular weight excluding hydrogens is 342 g/mol. The number of aromatic nitrogens is 2. The second-order valence-electron chi connectivity index (χ2n) is 6.95. The van der Waals surface area contributed by atoms with E-state index in [1.54, 1.807) is 7.11 Å². The van der Waals surface area contributed by atoms with Crippen LogP contribution in [-0.4, -0.2) is 67.4 Å².